The predicted molar refractivity (Wildman–Crippen MR) is 105 cm³/mol. The third-order valence-electron chi connectivity index (χ3n) is 2.92. The van der Waals surface area contributed by atoms with Gasteiger partial charge in [0.2, 0.25) is 0 Å². The van der Waals surface area contributed by atoms with Crippen LogP contribution in [0, 0.1) is 11.2 Å². The lowest BCUT2D eigenvalue weighted by molar-refractivity contribution is 0.547. The van der Waals surface area contributed by atoms with Crippen molar-refractivity contribution in [3.05, 3.63) is 72.1 Å². The Labute approximate surface area is 146 Å². The molecule has 24 heavy (non-hydrogen) atoms. The van der Waals surface area contributed by atoms with Crippen molar-refractivity contribution in [1.82, 2.24) is 0 Å². The highest BCUT2D eigenvalue weighted by Crippen LogP contribution is 2.17. The molecule has 0 saturated heterocycles. The molecule has 2 rings (SSSR count). The molecule has 0 bridgehead atoms. The molecule has 0 fully saturated rings. The van der Waals surface area contributed by atoms with Crippen LogP contribution in [0.1, 0.15) is 47.1 Å². The maximum absolute atomic E-state index is 12.7. The van der Waals surface area contributed by atoms with Crippen LogP contribution < -0.4 is 5.32 Å². The Morgan fingerprint density at radius 3 is 1.96 bits per heavy atom. The van der Waals surface area contributed by atoms with E-state index in [0.717, 1.165) is 5.69 Å². The van der Waals surface area contributed by atoms with Crippen molar-refractivity contribution < 1.29 is 4.39 Å². The standard InChI is InChI=1S/C12H16.C10H14FN/c1-12(2,3)10-9-11-7-5-4-6-8-11;1-10(2,3)12-9-6-4-5-8(11)7-9/h4-10H,1-3H3;4-7,12H,1-3H3/b10-9+;. The van der Waals surface area contributed by atoms with Crippen LogP contribution in [0.5, 0.6) is 0 Å². The van der Waals surface area contributed by atoms with Gasteiger partial charge >= 0.3 is 0 Å². The molecule has 0 aliphatic carbocycles. The van der Waals surface area contributed by atoms with Crippen molar-refractivity contribution >= 4 is 11.8 Å². The lowest BCUT2D eigenvalue weighted by Gasteiger charge is -2.21. The molecule has 130 valence electrons. The van der Waals surface area contributed by atoms with Crippen molar-refractivity contribution in [3.8, 4) is 0 Å². The molecule has 0 spiro atoms. The lowest BCUT2D eigenvalue weighted by Crippen LogP contribution is -2.25. The SMILES string of the molecule is CC(C)(C)/C=C/c1ccccc1.CC(C)(C)Nc1cccc(F)c1. The van der Waals surface area contributed by atoms with E-state index in [4.69, 9.17) is 0 Å². The van der Waals surface area contributed by atoms with E-state index in [-0.39, 0.29) is 16.8 Å². The molecule has 1 N–H and O–H groups in total. The largest absolute Gasteiger partial charge is 0.380 e. The number of nitrogens with one attached hydrogen (secondary N) is 1. The van der Waals surface area contributed by atoms with Gasteiger partial charge in [0.15, 0.2) is 0 Å². The summed E-state index contributed by atoms with van der Waals surface area (Å²) in [7, 11) is 0. The van der Waals surface area contributed by atoms with Gasteiger partial charge in [0, 0.05) is 11.2 Å². The fourth-order valence-corrected chi connectivity index (χ4v) is 1.91. The molecule has 0 aliphatic rings. The van der Waals surface area contributed by atoms with E-state index in [2.05, 4.69) is 62.5 Å². The van der Waals surface area contributed by atoms with E-state index in [9.17, 15) is 4.39 Å². The third-order valence-corrected chi connectivity index (χ3v) is 2.92. The second kappa shape index (κ2) is 8.68. The first-order valence-electron chi connectivity index (χ1n) is 8.33. The Hall–Kier alpha value is -2.09. The first-order chi connectivity index (χ1) is 11.1. The molecule has 2 heteroatoms. The zero-order valence-electron chi connectivity index (χ0n) is 15.7. The van der Waals surface area contributed by atoms with E-state index in [1.54, 1.807) is 6.07 Å². The number of benzene rings is 2. The van der Waals surface area contributed by atoms with Crippen LogP contribution in [0.4, 0.5) is 10.1 Å². The molecule has 0 saturated carbocycles. The van der Waals surface area contributed by atoms with E-state index < -0.39 is 0 Å². The fraction of sp³-hybridized carbons (Fsp3) is 0.364. The Morgan fingerprint density at radius 2 is 1.46 bits per heavy atom. The fourth-order valence-electron chi connectivity index (χ4n) is 1.91. The maximum atomic E-state index is 12.7. The van der Waals surface area contributed by atoms with Gasteiger partial charge in [-0.2, -0.15) is 0 Å². The molecule has 2 aromatic carbocycles. The summed E-state index contributed by atoms with van der Waals surface area (Å²) < 4.78 is 12.7. The van der Waals surface area contributed by atoms with E-state index >= 15 is 0 Å². The Balaban J connectivity index is 0.000000240. The number of allylic oxidation sites excluding steroid dienone is 1. The minimum atomic E-state index is -0.204. The van der Waals surface area contributed by atoms with Gasteiger partial charge in [-0.25, -0.2) is 4.39 Å². The topological polar surface area (TPSA) is 12.0 Å². The van der Waals surface area contributed by atoms with Crippen molar-refractivity contribution in [2.45, 2.75) is 47.1 Å². The predicted octanol–water partition coefficient (Wildman–Crippen LogP) is 6.78. The van der Waals surface area contributed by atoms with Crippen LogP contribution in [-0.4, -0.2) is 5.54 Å². The van der Waals surface area contributed by atoms with Gasteiger partial charge in [0.05, 0.1) is 0 Å². The number of rotatable bonds is 2. The Morgan fingerprint density at radius 1 is 0.833 bits per heavy atom. The van der Waals surface area contributed by atoms with Crippen molar-refractivity contribution in [1.29, 1.82) is 0 Å². The van der Waals surface area contributed by atoms with Crippen LogP contribution in [0.15, 0.2) is 60.7 Å². The quantitative estimate of drug-likeness (QED) is 0.641. The second-order valence-corrected chi connectivity index (χ2v) is 8.00. The lowest BCUT2D eigenvalue weighted by atomic mass is 9.95. The monoisotopic (exact) mass is 327 g/mol. The molecule has 2 aromatic rings. The highest BCUT2D eigenvalue weighted by atomic mass is 19.1. The third kappa shape index (κ3) is 9.83. The highest BCUT2D eigenvalue weighted by molar-refractivity contribution is 5.49. The van der Waals surface area contributed by atoms with E-state index in [0.29, 0.717) is 0 Å². The average molecular weight is 327 g/mol. The minimum Gasteiger partial charge on any atom is -0.380 e. The summed E-state index contributed by atoms with van der Waals surface area (Å²) in [6.07, 6.45) is 4.39. The van der Waals surface area contributed by atoms with Crippen LogP contribution in [0.2, 0.25) is 0 Å². The van der Waals surface area contributed by atoms with Gasteiger partial charge < -0.3 is 5.32 Å². The summed E-state index contributed by atoms with van der Waals surface area (Å²) in [6, 6.07) is 16.9. The number of hydrogen-bond donors (Lipinski definition) is 1. The number of hydrogen-bond acceptors (Lipinski definition) is 1. The highest BCUT2D eigenvalue weighted by Gasteiger charge is 2.08. The van der Waals surface area contributed by atoms with Crippen molar-refractivity contribution in [3.63, 3.8) is 0 Å². The van der Waals surface area contributed by atoms with Gasteiger partial charge in [0.25, 0.3) is 0 Å². The number of halogens is 1. The van der Waals surface area contributed by atoms with E-state index in [1.807, 2.05) is 32.9 Å². The molecule has 0 aliphatic heterocycles. The number of anilines is 1. The van der Waals surface area contributed by atoms with Crippen LogP contribution in [0.3, 0.4) is 0 Å². The van der Waals surface area contributed by atoms with Gasteiger partial charge in [0.1, 0.15) is 5.82 Å². The van der Waals surface area contributed by atoms with E-state index in [1.165, 1.54) is 17.7 Å². The molecule has 0 heterocycles. The molecule has 0 atom stereocenters. The molecule has 1 nitrogen and oxygen atoms in total. The summed E-state index contributed by atoms with van der Waals surface area (Å²) in [5.41, 5.74) is 2.35. The molecular weight excluding hydrogens is 297 g/mol. The molecular formula is C22H30FN. The zero-order valence-corrected chi connectivity index (χ0v) is 15.7. The zero-order chi connectivity index (χ0) is 18.2. The first-order valence-corrected chi connectivity index (χ1v) is 8.33. The summed E-state index contributed by atoms with van der Waals surface area (Å²) in [6.45, 7) is 12.7. The Bertz CT molecular complexity index is 631. The minimum absolute atomic E-state index is 0.0200. The van der Waals surface area contributed by atoms with Gasteiger partial charge in [-0.3, -0.25) is 0 Å². The summed E-state index contributed by atoms with van der Waals surface area (Å²) >= 11 is 0. The smallest absolute Gasteiger partial charge is 0.125 e. The van der Waals surface area contributed by atoms with Crippen LogP contribution >= 0.6 is 0 Å². The van der Waals surface area contributed by atoms with Gasteiger partial charge in [-0.15, -0.1) is 0 Å². The first kappa shape index (κ1) is 20.0. The van der Waals surface area contributed by atoms with Crippen molar-refractivity contribution in [2.75, 3.05) is 5.32 Å². The van der Waals surface area contributed by atoms with Gasteiger partial charge in [-0.05, 0) is 49.9 Å². The second-order valence-electron chi connectivity index (χ2n) is 8.00. The Kier molecular flexibility index (Phi) is 7.21. The summed E-state index contributed by atoms with van der Waals surface area (Å²) in [5.74, 6) is -0.204. The molecule has 0 amide bonds. The van der Waals surface area contributed by atoms with Crippen molar-refractivity contribution in [2.24, 2.45) is 5.41 Å². The van der Waals surface area contributed by atoms with Crippen LogP contribution in [-0.2, 0) is 0 Å². The summed E-state index contributed by atoms with van der Waals surface area (Å²) in [5, 5.41) is 3.18. The van der Waals surface area contributed by atoms with Crippen LogP contribution in [0.25, 0.3) is 6.08 Å². The average Bonchev–Trinajstić information content (AvgIpc) is 2.44. The molecule has 0 radical (unpaired) electrons. The molecule has 0 aromatic heterocycles. The summed E-state index contributed by atoms with van der Waals surface area (Å²) in [4.78, 5) is 0. The van der Waals surface area contributed by atoms with Gasteiger partial charge in [-0.1, -0.05) is 69.3 Å². The normalized spacial score (nSPS) is 11.8. The maximum Gasteiger partial charge on any atom is 0.125 e. The molecule has 0 unspecified atom stereocenters.